The number of carbonyl (C=O) groups is 1. The number of pyridine rings is 1. The van der Waals surface area contributed by atoms with Gasteiger partial charge in [0.1, 0.15) is 0 Å². The van der Waals surface area contributed by atoms with Gasteiger partial charge in [0, 0.05) is 16.9 Å². The molecule has 17 heavy (non-hydrogen) atoms. The summed E-state index contributed by atoms with van der Waals surface area (Å²) in [6.07, 6.45) is 4.40. The summed E-state index contributed by atoms with van der Waals surface area (Å²) < 4.78 is 0. The molecule has 1 N–H and O–H groups in total. The van der Waals surface area contributed by atoms with E-state index in [1.165, 1.54) is 6.42 Å². The van der Waals surface area contributed by atoms with Crippen LogP contribution >= 0.6 is 15.9 Å². The standard InChI is InChI=1S/C13H16BrNO2/c1-8-11(13(16)17)6-9-4-2-3-5-10(7-14)12(9)15-8/h6,10H,2-5,7H2,1H3,(H,16,17). The van der Waals surface area contributed by atoms with E-state index in [1.54, 1.807) is 6.92 Å². The molecule has 0 aromatic carbocycles. The first-order chi connectivity index (χ1) is 8.13. The first kappa shape index (κ1) is 12.6. The summed E-state index contributed by atoms with van der Waals surface area (Å²) in [7, 11) is 0. The van der Waals surface area contributed by atoms with E-state index < -0.39 is 5.97 Å². The third kappa shape index (κ3) is 2.51. The van der Waals surface area contributed by atoms with E-state index in [0.29, 0.717) is 17.2 Å². The van der Waals surface area contributed by atoms with Crippen LogP contribution in [0.3, 0.4) is 0 Å². The predicted molar refractivity (Wildman–Crippen MR) is 70.0 cm³/mol. The number of halogens is 1. The van der Waals surface area contributed by atoms with Crippen molar-refractivity contribution in [3.8, 4) is 0 Å². The van der Waals surface area contributed by atoms with Crippen LogP contribution < -0.4 is 0 Å². The Labute approximate surface area is 109 Å². The van der Waals surface area contributed by atoms with Gasteiger partial charge < -0.3 is 5.11 Å². The molecule has 1 atom stereocenters. The Morgan fingerprint density at radius 2 is 2.35 bits per heavy atom. The van der Waals surface area contributed by atoms with Gasteiger partial charge in [0.05, 0.1) is 11.3 Å². The Balaban J connectivity index is 2.51. The fourth-order valence-electron chi connectivity index (χ4n) is 2.43. The van der Waals surface area contributed by atoms with Crippen LogP contribution in [0.25, 0.3) is 0 Å². The number of rotatable bonds is 2. The van der Waals surface area contributed by atoms with Gasteiger partial charge in [0.25, 0.3) is 0 Å². The second kappa shape index (κ2) is 5.17. The minimum absolute atomic E-state index is 0.346. The van der Waals surface area contributed by atoms with Crippen LogP contribution in [0.2, 0.25) is 0 Å². The average Bonchev–Trinajstić information content (AvgIpc) is 2.49. The average molecular weight is 298 g/mol. The largest absolute Gasteiger partial charge is 0.478 e. The highest BCUT2D eigenvalue weighted by Crippen LogP contribution is 2.31. The lowest BCUT2D eigenvalue weighted by Crippen LogP contribution is -2.10. The molecule has 92 valence electrons. The maximum atomic E-state index is 11.1. The number of hydrogen-bond donors (Lipinski definition) is 1. The lowest BCUT2D eigenvalue weighted by atomic mass is 9.98. The van der Waals surface area contributed by atoms with Gasteiger partial charge in [0.2, 0.25) is 0 Å². The van der Waals surface area contributed by atoms with Crippen LogP contribution in [0.4, 0.5) is 0 Å². The summed E-state index contributed by atoms with van der Waals surface area (Å²) in [6, 6.07) is 1.82. The van der Waals surface area contributed by atoms with Crippen LogP contribution in [0.5, 0.6) is 0 Å². The van der Waals surface area contributed by atoms with Gasteiger partial charge in [-0.25, -0.2) is 4.79 Å². The summed E-state index contributed by atoms with van der Waals surface area (Å²) >= 11 is 3.53. The third-order valence-electron chi connectivity index (χ3n) is 3.38. The van der Waals surface area contributed by atoms with Crippen molar-refractivity contribution >= 4 is 21.9 Å². The molecular formula is C13H16BrNO2. The van der Waals surface area contributed by atoms with Gasteiger partial charge in [-0.1, -0.05) is 22.4 Å². The number of alkyl halides is 1. The van der Waals surface area contributed by atoms with Crippen molar-refractivity contribution in [2.75, 3.05) is 5.33 Å². The zero-order valence-corrected chi connectivity index (χ0v) is 11.5. The first-order valence-corrected chi connectivity index (χ1v) is 7.05. The van der Waals surface area contributed by atoms with Crippen LogP contribution in [0.1, 0.15) is 52.5 Å². The lowest BCUT2D eigenvalue weighted by molar-refractivity contribution is 0.0695. The number of hydrogen-bond acceptors (Lipinski definition) is 2. The van der Waals surface area contributed by atoms with Gasteiger partial charge in [-0.05, 0) is 37.8 Å². The Morgan fingerprint density at radius 3 is 3.00 bits per heavy atom. The van der Waals surface area contributed by atoms with E-state index in [0.717, 1.165) is 35.8 Å². The number of carboxylic acids is 1. The Morgan fingerprint density at radius 1 is 1.59 bits per heavy atom. The molecule has 0 saturated carbocycles. The Hall–Kier alpha value is -0.900. The zero-order chi connectivity index (χ0) is 12.4. The fourth-order valence-corrected chi connectivity index (χ4v) is 3.06. The molecule has 1 aromatic rings. The number of nitrogens with zero attached hydrogens (tertiary/aromatic N) is 1. The van der Waals surface area contributed by atoms with E-state index in [-0.39, 0.29) is 0 Å². The van der Waals surface area contributed by atoms with Crippen molar-refractivity contribution in [3.05, 3.63) is 28.6 Å². The van der Waals surface area contributed by atoms with E-state index in [4.69, 9.17) is 5.11 Å². The summed E-state index contributed by atoms with van der Waals surface area (Å²) in [5.41, 5.74) is 3.19. The number of fused-ring (bicyclic) bond motifs is 1. The van der Waals surface area contributed by atoms with Crippen LogP contribution in [-0.4, -0.2) is 21.4 Å². The molecule has 2 rings (SSSR count). The summed E-state index contributed by atoms with van der Waals surface area (Å²) in [6.45, 7) is 1.78. The van der Waals surface area contributed by atoms with Gasteiger partial charge in [-0.3, -0.25) is 4.98 Å². The highest BCUT2D eigenvalue weighted by molar-refractivity contribution is 9.09. The molecule has 0 amide bonds. The summed E-state index contributed by atoms with van der Waals surface area (Å²) in [4.78, 5) is 15.6. The van der Waals surface area contributed by atoms with Crippen molar-refractivity contribution in [1.82, 2.24) is 4.98 Å². The predicted octanol–water partition coefficient (Wildman–Crippen LogP) is 3.29. The molecule has 0 aliphatic heterocycles. The second-order valence-electron chi connectivity index (χ2n) is 4.57. The molecule has 0 spiro atoms. The molecule has 4 heteroatoms. The molecule has 1 aliphatic carbocycles. The minimum Gasteiger partial charge on any atom is -0.478 e. The fraction of sp³-hybridized carbons (Fsp3) is 0.538. The quantitative estimate of drug-likeness (QED) is 0.673. The highest BCUT2D eigenvalue weighted by atomic mass is 79.9. The molecule has 0 radical (unpaired) electrons. The third-order valence-corrected chi connectivity index (χ3v) is 4.16. The second-order valence-corrected chi connectivity index (χ2v) is 5.22. The maximum absolute atomic E-state index is 11.1. The lowest BCUT2D eigenvalue weighted by Gasteiger charge is -2.15. The van der Waals surface area contributed by atoms with Crippen LogP contribution in [-0.2, 0) is 6.42 Å². The van der Waals surface area contributed by atoms with Crippen LogP contribution in [0.15, 0.2) is 6.07 Å². The SMILES string of the molecule is Cc1nc2c(cc1C(=O)O)CCCCC2CBr. The normalized spacial score (nSPS) is 19.5. The van der Waals surface area contributed by atoms with Crippen molar-refractivity contribution in [1.29, 1.82) is 0 Å². The molecular weight excluding hydrogens is 282 g/mol. The van der Waals surface area contributed by atoms with Gasteiger partial charge in [-0.15, -0.1) is 0 Å². The van der Waals surface area contributed by atoms with Crippen LogP contribution in [0, 0.1) is 6.92 Å². The van der Waals surface area contributed by atoms with E-state index in [9.17, 15) is 4.79 Å². The van der Waals surface area contributed by atoms with Crippen molar-refractivity contribution in [2.45, 2.75) is 38.5 Å². The Bertz CT molecular complexity index is 445. The van der Waals surface area contributed by atoms with E-state index in [1.807, 2.05) is 6.07 Å². The molecule has 0 saturated heterocycles. The highest BCUT2D eigenvalue weighted by Gasteiger charge is 2.22. The Kier molecular flexibility index (Phi) is 3.82. The monoisotopic (exact) mass is 297 g/mol. The van der Waals surface area contributed by atoms with Crippen molar-refractivity contribution < 1.29 is 9.90 Å². The number of aromatic nitrogens is 1. The smallest absolute Gasteiger partial charge is 0.337 e. The maximum Gasteiger partial charge on any atom is 0.337 e. The van der Waals surface area contributed by atoms with Crippen molar-refractivity contribution in [2.24, 2.45) is 0 Å². The minimum atomic E-state index is -0.877. The molecule has 1 aliphatic rings. The van der Waals surface area contributed by atoms with Crippen molar-refractivity contribution in [3.63, 3.8) is 0 Å². The number of carboxylic acid groups (broad SMARTS) is 1. The topological polar surface area (TPSA) is 50.2 Å². The van der Waals surface area contributed by atoms with Gasteiger partial charge in [0.15, 0.2) is 0 Å². The molecule has 1 unspecified atom stereocenters. The number of aromatic carboxylic acids is 1. The molecule has 0 fully saturated rings. The molecule has 0 bridgehead atoms. The number of aryl methyl sites for hydroxylation is 2. The molecule has 3 nitrogen and oxygen atoms in total. The first-order valence-electron chi connectivity index (χ1n) is 5.93. The summed E-state index contributed by atoms with van der Waals surface area (Å²) in [5, 5.41) is 10.0. The van der Waals surface area contributed by atoms with Gasteiger partial charge in [-0.2, -0.15) is 0 Å². The van der Waals surface area contributed by atoms with Gasteiger partial charge >= 0.3 is 5.97 Å². The zero-order valence-electron chi connectivity index (χ0n) is 9.87. The molecule has 1 aromatic heterocycles. The summed E-state index contributed by atoms with van der Waals surface area (Å²) in [5.74, 6) is -0.452. The van der Waals surface area contributed by atoms with E-state index in [2.05, 4.69) is 20.9 Å². The van der Waals surface area contributed by atoms with E-state index >= 15 is 0 Å². The molecule has 1 heterocycles.